The zero-order valence-corrected chi connectivity index (χ0v) is 20.8. The van der Waals surface area contributed by atoms with Crippen molar-refractivity contribution in [3.05, 3.63) is 70.0 Å². The summed E-state index contributed by atoms with van der Waals surface area (Å²) in [5.41, 5.74) is 1.09. The SMILES string of the molecule is CC.COC(=O)/C=C/c1cccc(N(C(=O)C2CCCCC2)C(O)c2ccc(Br)cc2F)c1. The molecule has 0 aliphatic heterocycles. The Balaban J connectivity index is 0.00000187. The molecule has 2 aromatic rings. The summed E-state index contributed by atoms with van der Waals surface area (Å²) in [4.78, 5) is 26.1. The monoisotopic (exact) mass is 519 g/mol. The highest BCUT2D eigenvalue weighted by atomic mass is 79.9. The summed E-state index contributed by atoms with van der Waals surface area (Å²) in [6.45, 7) is 4.00. The second kappa shape index (κ2) is 13.3. The van der Waals surface area contributed by atoms with Gasteiger partial charge in [-0.05, 0) is 48.7 Å². The number of ether oxygens (including phenoxy) is 1. The van der Waals surface area contributed by atoms with Crippen LogP contribution in [0.3, 0.4) is 0 Å². The summed E-state index contributed by atoms with van der Waals surface area (Å²) in [7, 11) is 1.29. The van der Waals surface area contributed by atoms with Gasteiger partial charge in [0.1, 0.15) is 5.82 Å². The lowest BCUT2D eigenvalue weighted by atomic mass is 9.88. The van der Waals surface area contributed by atoms with Crippen LogP contribution < -0.4 is 4.90 Å². The van der Waals surface area contributed by atoms with Gasteiger partial charge in [0.2, 0.25) is 5.91 Å². The first-order valence-corrected chi connectivity index (χ1v) is 12.0. The van der Waals surface area contributed by atoms with Crippen LogP contribution in [0.5, 0.6) is 0 Å². The Morgan fingerprint density at radius 2 is 1.85 bits per heavy atom. The molecule has 1 unspecified atom stereocenters. The van der Waals surface area contributed by atoms with Gasteiger partial charge >= 0.3 is 5.97 Å². The zero-order chi connectivity index (χ0) is 24.4. The van der Waals surface area contributed by atoms with E-state index in [1.54, 1.807) is 36.4 Å². The predicted molar refractivity (Wildman–Crippen MR) is 132 cm³/mol. The van der Waals surface area contributed by atoms with Gasteiger partial charge in [0, 0.05) is 27.7 Å². The maximum atomic E-state index is 14.6. The molecular weight excluding hydrogens is 489 g/mol. The molecule has 178 valence electrons. The molecule has 0 saturated heterocycles. The first kappa shape index (κ1) is 26.7. The molecule has 1 fully saturated rings. The fourth-order valence-corrected chi connectivity index (χ4v) is 4.13. The Labute approximate surface area is 203 Å². The molecule has 0 heterocycles. The number of nitrogens with zero attached hydrogens (tertiary/aromatic N) is 1. The second-order valence-electron chi connectivity index (χ2n) is 7.53. The molecule has 0 aromatic heterocycles. The number of amides is 1. The van der Waals surface area contributed by atoms with Crippen LogP contribution in [0.25, 0.3) is 6.08 Å². The van der Waals surface area contributed by atoms with E-state index in [1.807, 2.05) is 13.8 Å². The number of benzene rings is 2. The van der Waals surface area contributed by atoms with Gasteiger partial charge in [0.25, 0.3) is 0 Å². The van der Waals surface area contributed by atoms with Gasteiger partial charge in [-0.25, -0.2) is 9.18 Å². The Hall–Kier alpha value is -2.51. The molecule has 5 nitrogen and oxygen atoms in total. The van der Waals surface area contributed by atoms with Crippen LogP contribution in [0.15, 0.2) is 53.0 Å². The van der Waals surface area contributed by atoms with Crippen LogP contribution in [0.4, 0.5) is 10.1 Å². The number of halogens is 2. The Morgan fingerprint density at radius 3 is 2.48 bits per heavy atom. The van der Waals surface area contributed by atoms with Crippen molar-refractivity contribution in [1.29, 1.82) is 0 Å². The van der Waals surface area contributed by atoms with Crippen molar-refractivity contribution in [1.82, 2.24) is 0 Å². The Bertz CT molecular complexity index is 973. The molecule has 0 radical (unpaired) electrons. The van der Waals surface area contributed by atoms with E-state index in [4.69, 9.17) is 0 Å². The van der Waals surface area contributed by atoms with E-state index in [1.165, 1.54) is 30.2 Å². The van der Waals surface area contributed by atoms with Crippen LogP contribution in [0.1, 0.15) is 63.3 Å². The zero-order valence-electron chi connectivity index (χ0n) is 19.3. The van der Waals surface area contributed by atoms with Crippen LogP contribution in [-0.2, 0) is 14.3 Å². The number of carbonyl (C=O) groups is 2. The fourth-order valence-electron chi connectivity index (χ4n) is 3.80. The van der Waals surface area contributed by atoms with Gasteiger partial charge in [-0.3, -0.25) is 9.69 Å². The van der Waals surface area contributed by atoms with Gasteiger partial charge in [0.15, 0.2) is 6.23 Å². The predicted octanol–water partition coefficient (Wildman–Crippen LogP) is 6.41. The van der Waals surface area contributed by atoms with Crippen LogP contribution in [-0.4, -0.2) is 24.1 Å². The summed E-state index contributed by atoms with van der Waals surface area (Å²) < 4.78 is 19.8. The molecule has 3 rings (SSSR count). The molecule has 1 aliphatic rings. The van der Waals surface area contributed by atoms with Crippen molar-refractivity contribution < 1.29 is 23.8 Å². The number of aliphatic hydroxyl groups excluding tert-OH is 1. The first-order valence-electron chi connectivity index (χ1n) is 11.2. The molecule has 1 N–H and O–H groups in total. The van der Waals surface area contributed by atoms with Gasteiger partial charge in [0.05, 0.1) is 7.11 Å². The van der Waals surface area contributed by atoms with E-state index in [-0.39, 0.29) is 17.4 Å². The fraction of sp³-hybridized carbons (Fsp3) is 0.385. The lowest BCUT2D eigenvalue weighted by molar-refractivity contribution is -0.134. The van der Waals surface area contributed by atoms with E-state index in [9.17, 15) is 19.1 Å². The standard InChI is InChI=1S/C24H25BrFNO4.C2H6/c1-31-22(28)13-10-16-6-5-9-19(14-16)27(23(29)17-7-3-2-4-8-17)24(30)20-12-11-18(25)15-21(20)26;1-2/h5-6,9-15,17,24,30H,2-4,7-8H2,1H3;1-2H3/b13-10+;. The van der Waals surface area contributed by atoms with Crippen molar-refractivity contribution in [3.8, 4) is 0 Å². The molecule has 7 heteroatoms. The number of rotatable bonds is 6. The van der Waals surface area contributed by atoms with Gasteiger partial charge in [-0.1, -0.05) is 67.2 Å². The summed E-state index contributed by atoms with van der Waals surface area (Å²) in [6.07, 6.45) is 5.83. The van der Waals surface area contributed by atoms with Gasteiger partial charge in [-0.15, -0.1) is 0 Å². The van der Waals surface area contributed by atoms with Crippen molar-refractivity contribution in [3.63, 3.8) is 0 Å². The summed E-state index contributed by atoms with van der Waals surface area (Å²) >= 11 is 3.22. The highest BCUT2D eigenvalue weighted by molar-refractivity contribution is 9.10. The molecule has 1 aliphatic carbocycles. The van der Waals surface area contributed by atoms with Crippen molar-refractivity contribution >= 4 is 39.6 Å². The van der Waals surface area contributed by atoms with Crippen molar-refractivity contribution in [2.24, 2.45) is 5.92 Å². The van der Waals surface area contributed by atoms with Crippen LogP contribution in [0, 0.1) is 11.7 Å². The number of anilines is 1. The second-order valence-corrected chi connectivity index (χ2v) is 8.45. The lowest BCUT2D eigenvalue weighted by Crippen LogP contribution is -2.40. The highest BCUT2D eigenvalue weighted by Crippen LogP contribution is 2.34. The summed E-state index contributed by atoms with van der Waals surface area (Å²) in [6, 6.07) is 11.2. The maximum absolute atomic E-state index is 14.6. The maximum Gasteiger partial charge on any atom is 0.330 e. The van der Waals surface area contributed by atoms with E-state index in [0.717, 1.165) is 32.1 Å². The number of hydrogen-bond acceptors (Lipinski definition) is 4. The third-order valence-electron chi connectivity index (χ3n) is 5.44. The largest absolute Gasteiger partial charge is 0.466 e. The lowest BCUT2D eigenvalue weighted by Gasteiger charge is -2.33. The number of methoxy groups -OCH3 is 1. The first-order chi connectivity index (χ1) is 15.9. The number of esters is 1. The smallest absolute Gasteiger partial charge is 0.330 e. The molecule has 2 aromatic carbocycles. The minimum atomic E-state index is -1.48. The minimum Gasteiger partial charge on any atom is -0.466 e. The van der Waals surface area contributed by atoms with Crippen molar-refractivity contribution in [2.45, 2.75) is 52.2 Å². The average molecular weight is 520 g/mol. The third-order valence-corrected chi connectivity index (χ3v) is 5.93. The van der Waals surface area contributed by atoms with E-state index in [0.29, 0.717) is 15.7 Å². The molecule has 1 atom stereocenters. The molecule has 33 heavy (non-hydrogen) atoms. The van der Waals surface area contributed by atoms with Crippen LogP contribution >= 0.6 is 15.9 Å². The third kappa shape index (κ3) is 7.24. The number of carbonyl (C=O) groups excluding carboxylic acids is 2. The molecular formula is C26H31BrFNO4. The van der Waals surface area contributed by atoms with E-state index in [2.05, 4.69) is 20.7 Å². The van der Waals surface area contributed by atoms with Crippen LogP contribution in [0.2, 0.25) is 0 Å². The normalized spacial score (nSPS) is 14.8. The minimum absolute atomic E-state index is 0.0165. The summed E-state index contributed by atoms with van der Waals surface area (Å²) in [5, 5.41) is 11.1. The molecule has 0 bridgehead atoms. The summed E-state index contributed by atoms with van der Waals surface area (Å²) in [5.74, 6) is -1.57. The topological polar surface area (TPSA) is 66.8 Å². The Morgan fingerprint density at radius 1 is 1.15 bits per heavy atom. The average Bonchev–Trinajstić information content (AvgIpc) is 2.84. The van der Waals surface area contributed by atoms with Gasteiger partial charge < -0.3 is 9.84 Å². The van der Waals surface area contributed by atoms with E-state index >= 15 is 0 Å². The highest BCUT2D eigenvalue weighted by Gasteiger charge is 2.33. The number of hydrogen-bond donors (Lipinski definition) is 1. The quantitative estimate of drug-likeness (QED) is 0.272. The molecule has 1 saturated carbocycles. The number of aliphatic hydroxyl groups is 1. The van der Waals surface area contributed by atoms with Crippen molar-refractivity contribution in [2.75, 3.05) is 12.0 Å². The Kier molecular flexibility index (Phi) is 10.7. The van der Waals surface area contributed by atoms with Gasteiger partial charge in [-0.2, -0.15) is 0 Å². The molecule has 1 amide bonds. The van der Waals surface area contributed by atoms with E-state index < -0.39 is 18.0 Å². The molecule has 0 spiro atoms.